The summed E-state index contributed by atoms with van der Waals surface area (Å²) in [7, 11) is 0. The van der Waals surface area contributed by atoms with E-state index >= 15 is 0 Å². The molecule has 124 valence electrons. The van der Waals surface area contributed by atoms with Crippen LogP contribution in [0, 0.1) is 0 Å². The van der Waals surface area contributed by atoms with Gasteiger partial charge >= 0.3 is 0 Å². The Balaban J connectivity index is 1.49. The van der Waals surface area contributed by atoms with E-state index < -0.39 is 6.10 Å². The van der Waals surface area contributed by atoms with Crippen molar-refractivity contribution in [1.82, 2.24) is 10.2 Å². The van der Waals surface area contributed by atoms with E-state index in [0.717, 1.165) is 31.9 Å². The first-order chi connectivity index (χ1) is 11.2. The van der Waals surface area contributed by atoms with Crippen LogP contribution in [0.15, 0.2) is 33.9 Å². The molecule has 1 aromatic carbocycles. The van der Waals surface area contributed by atoms with Gasteiger partial charge in [0.15, 0.2) is 0 Å². The standard InChI is InChI=1S/C15H18ClN3O3S/c16-12-3-1-11(2-4-12)14-17-18-15(22-14)23-10-13(20)9-19-5-7-21-8-6-19/h1-4,13,20H,5-10H2/p+1/t13-/m1/s1. The van der Waals surface area contributed by atoms with Gasteiger partial charge in [0.25, 0.3) is 5.22 Å². The molecule has 1 aromatic heterocycles. The lowest BCUT2D eigenvalue weighted by Crippen LogP contribution is -3.15. The molecule has 0 radical (unpaired) electrons. The molecule has 0 spiro atoms. The van der Waals surface area contributed by atoms with Gasteiger partial charge < -0.3 is 19.2 Å². The Morgan fingerprint density at radius 2 is 1.96 bits per heavy atom. The molecule has 6 nitrogen and oxygen atoms in total. The molecular weight excluding hydrogens is 338 g/mol. The molecule has 2 heterocycles. The van der Waals surface area contributed by atoms with Gasteiger partial charge in [-0.2, -0.15) is 0 Å². The van der Waals surface area contributed by atoms with E-state index in [1.807, 2.05) is 12.1 Å². The SMILES string of the molecule is O[C@@H](CSc1nnc(-c2ccc(Cl)cc2)o1)C[NH+]1CCOCC1. The van der Waals surface area contributed by atoms with Gasteiger partial charge in [0.1, 0.15) is 25.7 Å². The summed E-state index contributed by atoms with van der Waals surface area (Å²) in [6.45, 7) is 4.15. The maximum atomic E-state index is 10.1. The maximum absolute atomic E-state index is 10.1. The number of morpholine rings is 1. The summed E-state index contributed by atoms with van der Waals surface area (Å²) >= 11 is 7.24. The molecule has 8 heteroatoms. The first-order valence-electron chi connectivity index (χ1n) is 7.52. The summed E-state index contributed by atoms with van der Waals surface area (Å²) in [6.07, 6.45) is -0.404. The highest BCUT2D eigenvalue weighted by molar-refractivity contribution is 7.99. The van der Waals surface area contributed by atoms with Crippen molar-refractivity contribution in [2.24, 2.45) is 0 Å². The van der Waals surface area contributed by atoms with Crippen LogP contribution in [-0.2, 0) is 4.74 Å². The zero-order valence-electron chi connectivity index (χ0n) is 12.6. The van der Waals surface area contributed by atoms with Gasteiger partial charge in [-0.25, -0.2) is 0 Å². The number of nitrogens with zero attached hydrogens (tertiary/aromatic N) is 2. The first-order valence-corrected chi connectivity index (χ1v) is 8.88. The Morgan fingerprint density at radius 3 is 2.70 bits per heavy atom. The van der Waals surface area contributed by atoms with Crippen LogP contribution >= 0.6 is 23.4 Å². The Kier molecular flexibility index (Phi) is 5.91. The summed E-state index contributed by atoms with van der Waals surface area (Å²) in [5, 5.41) is 19.3. The van der Waals surface area contributed by atoms with Crippen molar-refractivity contribution in [1.29, 1.82) is 0 Å². The number of aliphatic hydroxyl groups is 1. The van der Waals surface area contributed by atoms with Crippen LogP contribution in [0.25, 0.3) is 11.5 Å². The van der Waals surface area contributed by atoms with Gasteiger partial charge in [0.05, 0.1) is 13.2 Å². The van der Waals surface area contributed by atoms with Crippen LogP contribution < -0.4 is 4.90 Å². The highest BCUT2D eigenvalue weighted by atomic mass is 35.5. The van der Waals surface area contributed by atoms with Crippen LogP contribution in [-0.4, -0.2) is 60.0 Å². The first kappa shape index (κ1) is 16.7. The number of ether oxygens (including phenoxy) is 1. The van der Waals surface area contributed by atoms with E-state index in [1.165, 1.54) is 16.7 Å². The van der Waals surface area contributed by atoms with Gasteiger partial charge in [0, 0.05) is 16.3 Å². The minimum atomic E-state index is -0.404. The van der Waals surface area contributed by atoms with Crippen LogP contribution in [0.4, 0.5) is 0 Å². The minimum Gasteiger partial charge on any atom is -0.411 e. The predicted octanol–water partition coefficient (Wildman–Crippen LogP) is 0.758. The third-order valence-electron chi connectivity index (χ3n) is 3.62. The van der Waals surface area contributed by atoms with Gasteiger partial charge in [0.2, 0.25) is 5.89 Å². The number of aliphatic hydroxyl groups excluding tert-OH is 1. The van der Waals surface area contributed by atoms with Gasteiger partial charge in [-0.05, 0) is 24.3 Å². The lowest BCUT2D eigenvalue weighted by atomic mass is 10.2. The van der Waals surface area contributed by atoms with Crippen LogP contribution in [0.2, 0.25) is 5.02 Å². The largest absolute Gasteiger partial charge is 0.411 e. The summed E-state index contributed by atoms with van der Waals surface area (Å²) in [5.74, 6) is 0.990. The van der Waals surface area contributed by atoms with E-state index in [4.69, 9.17) is 20.8 Å². The van der Waals surface area contributed by atoms with E-state index in [9.17, 15) is 5.11 Å². The highest BCUT2D eigenvalue weighted by Gasteiger charge is 2.19. The molecular formula is C15H19ClN3O3S+. The Bertz CT molecular complexity index is 617. The molecule has 2 N–H and O–H groups in total. The number of aromatic nitrogens is 2. The van der Waals surface area contributed by atoms with Crippen molar-refractivity contribution in [2.75, 3.05) is 38.6 Å². The molecule has 0 amide bonds. The van der Waals surface area contributed by atoms with Crippen molar-refractivity contribution in [3.05, 3.63) is 29.3 Å². The van der Waals surface area contributed by atoms with Gasteiger partial charge in [-0.3, -0.25) is 0 Å². The quantitative estimate of drug-likeness (QED) is 0.744. The van der Waals surface area contributed by atoms with Crippen molar-refractivity contribution in [3.63, 3.8) is 0 Å². The molecule has 2 aromatic rings. The summed E-state index contributed by atoms with van der Waals surface area (Å²) in [6, 6.07) is 7.23. The molecule has 3 rings (SSSR count). The Morgan fingerprint density at radius 1 is 1.22 bits per heavy atom. The average molecular weight is 357 g/mol. The van der Waals surface area contributed by atoms with E-state index in [0.29, 0.717) is 28.4 Å². The molecule has 1 atom stereocenters. The van der Waals surface area contributed by atoms with Crippen molar-refractivity contribution in [2.45, 2.75) is 11.3 Å². The normalized spacial score (nSPS) is 17.3. The number of nitrogens with one attached hydrogen (secondary N) is 1. The molecule has 1 aliphatic heterocycles. The van der Waals surface area contributed by atoms with Crippen LogP contribution in [0.3, 0.4) is 0 Å². The van der Waals surface area contributed by atoms with E-state index in [1.54, 1.807) is 12.1 Å². The van der Waals surface area contributed by atoms with Crippen LogP contribution in [0.5, 0.6) is 0 Å². The number of rotatable bonds is 6. The Labute approximate surface area is 143 Å². The van der Waals surface area contributed by atoms with Gasteiger partial charge in [-0.15, -0.1) is 10.2 Å². The molecule has 1 aliphatic rings. The zero-order chi connectivity index (χ0) is 16.1. The number of quaternary nitrogens is 1. The molecule has 1 saturated heterocycles. The summed E-state index contributed by atoms with van der Waals surface area (Å²) < 4.78 is 10.9. The molecule has 0 bridgehead atoms. The number of hydrogen-bond donors (Lipinski definition) is 2. The summed E-state index contributed by atoms with van der Waals surface area (Å²) in [5.41, 5.74) is 0.826. The van der Waals surface area contributed by atoms with Crippen molar-refractivity contribution in [3.8, 4) is 11.5 Å². The molecule has 1 fully saturated rings. The van der Waals surface area contributed by atoms with Crippen molar-refractivity contribution >= 4 is 23.4 Å². The molecule has 0 aliphatic carbocycles. The Hall–Kier alpha value is -1.12. The minimum absolute atomic E-state index is 0.404. The third kappa shape index (κ3) is 4.92. The number of halogens is 1. The second-order valence-electron chi connectivity index (χ2n) is 5.41. The number of thioether (sulfide) groups is 1. The fourth-order valence-electron chi connectivity index (χ4n) is 2.40. The zero-order valence-corrected chi connectivity index (χ0v) is 14.1. The van der Waals surface area contributed by atoms with Crippen molar-refractivity contribution < 1.29 is 19.2 Å². The van der Waals surface area contributed by atoms with E-state index in [-0.39, 0.29) is 0 Å². The number of benzene rings is 1. The highest BCUT2D eigenvalue weighted by Crippen LogP contribution is 2.24. The second-order valence-corrected chi connectivity index (χ2v) is 6.82. The smallest absolute Gasteiger partial charge is 0.276 e. The monoisotopic (exact) mass is 356 g/mol. The van der Waals surface area contributed by atoms with Crippen LogP contribution in [0.1, 0.15) is 0 Å². The van der Waals surface area contributed by atoms with E-state index in [2.05, 4.69) is 10.2 Å². The topological polar surface area (TPSA) is 72.8 Å². The third-order valence-corrected chi connectivity index (χ3v) is 4.84. The number of hydrogen-bond acceptors (Lipinski definition) is 6. The van der Waals surface area contributed by atoms with Gasteiger partial charge in [-0.1, -0.05) is 23.4 Å². The maximum Gasteiger partial charge on any atom is 0.276 e. The molecule has 23 heavy (non-hydrogen) atoms. The fourth-order valence-corrected chi connectivity index (χ4v) is 3.22. The average Bonchev–Trinajstić information content (AvgIpc) is 3.04. The lowest BCUT2D eigenvalue weighted by molar-refractivity contribution is -0.910. The summed E-state index contributed by atoms with van der Waals surface area (Å²) in [4.78, 5) is 1.37. The predicted molar refractivity (Wildman–Crippen MR) is 87.9 cm³/mol. The lowest BCUT2D eigenvalue weighted by Gasteiger charge is -2.25. The second kappa shape index (κ2) is 8.12. The fraction of sp³-hybridized carbons (Fsp3) is 0.467. The molecule has 0 saturated carbocycles. The molecule has 0 unspecified atom stereocenters.